The van der Waals surface area contributed by atoms with Crippen LogP contribution in [-0.4, -0.2) is 23.2 Å². The molecule has 2 aliphatic rings. The number of nitrogens with zero attached hydrogens (tertiary/aromatic N) is 4. The molecule has 44 heavy (non-hydrogen) atoms. The van der Waals surface area contributed by atoms with E-state index in [1.807, 2.05) is 48.5 Å². The lowest BCUT2D eigenvalue weighted by molar-refractivity contribution is -0.115. The molecule has 0 aliphatic carbocycles. The molecule has 2 aliphatic heterocycles. The van der Waals surface area contributed by atoms with Crippen LogP contribution in [0, 0.1) is 0 Å². The van der Waals surface area contributed by atoms with Crippen molar-refractivity contribution in [3.8, 4) is 11.1 Å². The third kappa shape index (κ3) is 5.99. The number of nitrogens with one attached hydrogen (secondary N) is 2. The number of amides is 2. The van der Waals surface area contributed by atoms with Gasteiger partial charge in [-0.25, -0.2) is 0 Å². The van der Waals surface area contributed by atoms with Crippen LogP contribution in [-0.2, 0) is 9.59 Å². The van der Waals surface area contributed by atoms with Gasteiger partial charge in [0.15, 0.2) is 0 Å². The average molecular weight is 622 g/mol. The fourth-order valence-corrected chi connectivity index (χ4v) is 5.13. The Morgan fingerprint density at radius 2 is 0.977 bits per heavy atom. The van der Waals surface area contributed by atoms with Crippen LogP contribution in [0.15, 0.2) is 131 Å². The minimum Gasteiger partial charge on any atom is -0.361 e. The molecule has 10 heteroatoms. The second-order valence-corrected chi connectivity index (χ2v) is 11.0. The fraction of sp³-hybridized carbons (Fsp3) is 0.0588. The maximum absolute atomic E-state index is 13.0. The van der Waals surface area contributed by atoms with Crippen LogP contribution in [0.1, 0.15) is 13.8 Å². The first-order chi connectivity index (χ1) is 21.3. The molecule has 0 radical (unpaired) electrons. The molecule has 0 unspecified atom stereocenters. The van der Waals surface area contributed by atoms with E-state index >= 15 is 0 Å². The molecule has 0 atom stereocenters. The predicted octanol–water partition coefficient (Wildman–Crippen LogP) is 8.10. The number of hydrogen-bond acceptors (Lipinski definition) is 6. The van der Waals surface area contributed by atoms with Crippen molar-refractivity contribution in [1.82, 2.24) is 0 Å². The Morgan fingerprint density at radius 3 is 1.34 bits per heavy atom. The standard InChI is InChI=1S/C34H26Cl2N6O2/c1-21-31(33(43)41(39-21)29-7-3-5-25(35)17-29)19-37-27-13-9-23(10-14-27)24-11-15-28(16-12-24)38-20-32-22(2)40-42(34(32)44)30-8-4-6-26(36)18-30/h3-20,37-38H,1-2H3/b31-19+,32-20+. The first kappa shape index (κ1) is 28.9. The highest BCUT2D eigenvalue weighted by atomic mass is 35.5. The largest absolute Gasteiger partial charge is 0.361 e. The van der Waals surface area contributed by atoms with Crippen LogP contribution < -0.4 is 20.7 Å². The molecule has 0 saturated carbocycles. The van der Waals surface area contributed by atoms with E-state index in [4.69, 9.17) is 23.2 Å². The lowest BCUT2D eigenvalue weighted by Gasteiger charge is -2.12. The number of rotatable bonds is 7. The van der Waals surface area contributed by atoms with E-state index < -0.39 is 0 Å². The van der Waals surface area contributed by atoms with Crippen molar-refractivity contribution in [2.24, 2.45) is 10.2 Å². The van der Waals surface area contributed by atoms with Crippen LogP contribution in [0.2, 0.25) is 10.0 Å². The van der Waals surface area contributed by atoms with Crippen LogP contribution in [0.4, 0.5) is 22.7 Å². The highest BCUT2D eigenvalue weighted by Gasteiger charge is 2.30. The van der Waals surface area contributed by atoms with Gasteiger partial charge in [0.05, 0.1) is 33.9 Å². The fourth-order valence-electron chi connectivity index (χ4n) is 4.76. The third-order valence-electron chi connectivity index (χ3n) is 7.10. The molecule has 4 aromatic rings. The lowest BCUT2D eigenvalue weighted by Crippen LogP contribution is -2.21. The van der Waals surface area contributed by atoms with Crippen molar-refractivity contribution in [2.75, 3.05) is 20.7 Å². The average Bonchev–Trinajstić information content (AvgIpc) is 3.48. The van der Waals surface area contributed by atoms with Gasteiger partial charge in [0.1, 0.15) is 0 Å². The van der Waals surface area contributed by atoms with E-state index in [9.17, 15) is 9.59 Å². The maximum Gasteiger partial charge on any atom is 0.282 e. The van der Waals surface area contributed by atoms with Crippen molar-refractivity contribution < 1.29 is 9.59 Å². The van der Waals surface area contributed by atoms with Gasteiger partial charge in [-0.15, -0.1) is 0 Å². The summed E-state index contributed by atoms with van der Waals surface area (Å²) in [5.74, 6) is -0.451. The predicted molar refractivity (Wildman–Crippen MR) is 179 cm³/mol. The molecule has 0 saturated heterocycles. The Balaban J connectivity index is 1.08. The van der Waals surface area contributed by atoms with Crippen LogP contribution in [0.25, 0.3) is 11.1 Å². The number of anilines is 4. The SMILES string of the molecule is CC1=NN(c2cccc(Cl)c2)C(=O)/C1=C/Nc1ccc(-c2ccc(N/C=C3/C(=O)N(c4cccc(Cl)c4)N=C3C)cc2)cc1. The van der Waals surface area contributed by atoms with E-state index in [2.05, 4.69) is 20.8 Å². The van der Waals surface area contributed by atoms with E-state index in [0.717, 1.165) is 22.5 Å². The molecule has 0 aromatic heterocycles. The Labute approximate surface area is 264 Å². The summed E-state index contributed by atoms with van der Waals surface area (Å²) in [6.07, 6.45) is 3.34. The summed E-state index contributed by atoms with van der Waals surface area (Å²) in [6.45, 7) is 3.59. The summed E-state index contributed by atoms with van der Waals surface area (Å²) >= 11 is 12.2. The number of carbonyl (C=O) groups is 2. The van der Waals surface area contributed by atoms with Gasteiger partial charge in [0.25, 0.3) is 11.8 Å². The Morgan fingerprint density at radius 1 is 0.591 bits per heavy atom. The van der Waals surface area contributed by atoms with Crippen LogP contribution >= 0.6 is 23.2 Å². The molecular formula is C34H26Cl2N6O2. The normalized spacial score (nSPS) is 16.5. The summed E-state index contributed by atoms with van der Waals surface area (Å²) in [5.41, 5.74) is 7.13. The lowest BCUT2D eigenvalue weighted by atomic mass is 10.0. The zero-order chi connectivity index (χ0) is 30.8. The minimum absolute atomic E-state index is 0.226. The first-order valence-electron chi connectivity index (χ1n) is 13.7. The molecular weight excluding hydrogens is 595 g/mol. The van der Waals surface area contributed by atoms with Crippen molar-refractivity contribution in [1.29, 1.82) is 0 Å². The summed E-state index contributed by atoms with van der Waals surface area (Å²) in [7, 11) is 0. The molecule has 2 N–H and O–H groups in total. The Kier molecular flexibility index (Phi) is 8.02. The van der Waals surface area contributed by atoms with Crippen molar-refractivity contribution in [2.45, 2.75) is 13.8 Å². The first-order valence-corrected chi connectivity index (χ1v) is 14.5. The molecule has 6 rings (SSSR count). The molecule has 4 aromatic carbocycles. The molecule has 0 spiro atoms. The second kappa shape index (κ2) is 12.2. The van der Waals surface area contributed by atoms with Gasteiger partial charge in [-0.05, 0) is 85.6 Å². The number of hydrogen-bond donors (Lipinski definition) is 2. The van der Waals surface area contributed by atoms with E-state index in [-0.39, 0.29) is 11.8 Å². The van der Waals surface area contributed by atoms with Gasteiger partial charge < -0.3 is 10.6 Å². The molecule has 8 nitrogen and oxygen atoms in total. The van der Waals surface area contributed by atoms with Gasteiger partial charge in [0.2, 0.25) is 0 Å². The number of halogens is 2. The minimum atomic E-state index is -0.226. The van der Waals surface area contributed by atoms with Gasteiger partial charge in [-0.2, -0.15) is 20.2 Å². The zero-order valence-corrected chi connectivity index (χ0v) is 25.3. The maximum atomic E-state index is 13.0. The van der Waals surface area contributed by atoms with E-state index in [1.165, 1.54) is 10.0 Å². The quantitative estimate of drug-likeness (QED) is 0.204. The van der Waals surface area contributed by atoms with Gasteiger partial charge >= 0.3 is 0 Å². The molecule has 218 valence electrons. The smallest absolute Gasteiger partial charge is 0.282 e. The summed E-state index contributed by atoms with van der Waals surface area (Å²) in [4.78, 5) is 26.0. The van der Waals surface area contributed by atoms with Crippen LogP contribution in [0.5, 0.6) is 0 Å². The zero-order valence-electron chi connectivity index (χ0n) is 23.8. The summed E-state index contributed by atoms with van der Waals surface area (Å²) in [5, 5.41) is 19.0. The number of benzene rings is 4. The highest BCUT2D eigenvalue weighted by Crippen LogP contribution is 2.28. The van der Waals surface area contributed by atoms with Crippen molar-refractivity contribution in [3.63, 3.8) is 0 Å². The summed E-state index contributed by atoms with van der Waals surface area (Å²) < 4.78 is 0. The van der Waals surface area contributed by atoms with Gasteiger partial charge in [0, 0.05) is 33.8 Å². The van der Waals surface area contributed by atoms with Crippen LogP contribution in [0.3, 0.4) is 0 Å². The molecule has 2 amide bonds. The Bertz CT molecular complexity index is 1760. The van der Waals surface area contributed by atoms with Crippen molar-refractivity contribution >= 4 is 69.2 Å². The van der Waals surface area contributed by atoms with Gasteiger partial charge in [-0.3, -0.25) is 9.59 Å². The van der Waals surface area contributed by atoms with E-state index in [0.29, 0.717) is 44.0 Å². The van der Waals surface area contributed by atoms with Gasteiger partial charge in [-0.1, -0.05) is 59.6 Å². The van der Waals surface area contributed by atoms with Crippen molar-refractivity contribution in [3.05, 3.63) is 131 Å². The molecule has 0 fully saturated rings. The number of carbonyl (C=O) groups excluding carboxylic acids is 2. The number of hydrazone groups is 2. The van der Waals surface area contributed by atoms with E-state index in [1.54, 1.807) is 74.8 Å². The highest BCUT2D eigenvalue weighted by molar-refractivity contribution is 6.33. The molecule has 0 bridgehead atoms. The molecule has 2 heterocycles. The topological polar surface area (TPSA) is 89.4 Å². The third-order valence-corrected chi connectivity index (χ3v) is 7.57. The monoisotopic (exact) mass is 620 g/mol. The summed E-state index contributed by atoms with van der Waals surface area (Å²) in [6, 6.07) is 29.9. The second-order valence-electron chi connectivity index (χ2n) is 10.1. The Hall–Kier alpha value is -5.18.